The fraction of sp³-hybridized carbons (Fsp3) is 0.182. The molecule has 0 saturated heterocycles. The van der Waals surface area contributed by atoms with Gasteiger partial charge in [0.25, 0.3) is 5.91 Å². The summed E-state index contributed by atoms with van der Waals surface area (Å²) >= 11 is 2.08. The summed E-state index contributed by atoms with van der Waals surface area (Å²) in [7, 11) is 1.80. The minimum absolute atomic E-state index is 0.0362. The highest BCUT2D eigenvalue weighted by Crippen LogP contribution is 2.19. The van der Waals surface area contributed by atoms with Crippen LogP contribution in [0.2, 0.25) is 0 Å². The van der Waals surface area contributed by atoms with Crippen LogP contribution in [0.5, 0.6) is 5.75 Å². The number of amides is 1. The van der Waals surface area contributed by atoms with Crippen LogP contribution in [0.15, 0.2) is 24.5 Å². The van der Waals surface area contributed by atoms with E-state index in [2.05, 4.69) is 38.1 Å². The van der Waals surface area contributed by atoms with Gasteiger partial charge in [-0.1, -0.05) is 0 Å². The lowest BCUT2D eigenvalue weighted by atomic mass is 10.2. The number of halogens is 1. The molecule has 2 rings (SSSR count). The summed E-state index contributed by atoms with van der Waals surface area (Å²) in [5.74, 6) is 0.272. The Labute approximate surface area is 117 Å². The smallest absolute Gasteiger partial charge is 0.255 e. The number of carbonyl (C=O) groups excluding carboxylic acids is 1. The quantitative estimate of drug-likeness (QED) is 0.804. The van der Waals surface area contributed by atoms with Crippen molar-refractivity contribution in [1.29, 1.82) is 0 Å². The van der Waals surface area contributed by atoms with Gasteiger partial charge in [-0.3, -0.25) is 4.79 Å². The van der Waals surface area contributed by atoms with Gasteiger partial charge in [-0.25, -0.2) is 0 Å². The fourth-order valence-electron chi connectivity index (χ4n) is 1.41. The van der Waals surface area contributed by atoms with Crippen LogP contribution in [0.25, 0.3) is 0 Å². The number of phenolic OH excluding ortho intramolecular Hbond substituents is 1. The van der Waals surface area contributed by atoms with E-state index in [-0.39, 0.29) is 23.8 Å². The lowest BCUT2D eigenvalue weighted by Gasteiger charge is -2.06. The molecule has 2 aromatic rings. The highest BCUT2D eigenvalue weighted by atomic mass is 127. The van der Waals surface area contributed by atoms with Crippen molar-refractivity contribution in [3.63, 3.8) is 0 Å². The zero-order valence-corrected chi connectivity index (χ0v) is 11.7. The second-order valence-corrected chi connectivity index (χ2v) is 4.95. The van der Waals surface area contributed by atoms with Gasteiger partial charge in [0, 0.05) is 10.6 Å². The van der Waals surface area contributed by atoms with Gasteiger partial charge >= 0.3 is 0 Å². The Morgan fingerprint density at radius 2 is 2.33 bits per heavy atom. The number of benzene rings is 1. The molecule has 94 valence electrons. The third kappa shape index (κ3) is 2.78. The molecule has 1 aromatic carbocycles. The zero-order valence-electron chi connectivity index (χ0n) is 9.59. The van der Waals surface area contributed by atoms with Crippen LogP contribution in [0.3, 0.4) is 0 Å². The molecule has 2 N–H and O–H groups in total. The van der Waals surface area contributed by atoms with Gasteiger partial charge in [-0.2, -0.15) is 0 Å². The molecule has 0 unspecified atom stereocenters. The van der Waals surface area contributed by atoms with E-state index < -0.39 is 0 Å². The Morgan fingerprint density at radius 1 is 1.56 bits per heavy atom. The van der Waals surface area contributed by atoms with Gasteiger partial charge in [0.1, 0.15) is 12.1 Å². The number of nitrogens with zero attached hydrogens (tertiary/aromatic N) is 3. The number of hydrogen-bond donors (Lipinski definition) is 2. The van der Waals surface area contributed by atoms with Crippen molar-refractivity contribution < 1.29 is 9.90 Å². The maximum Gasteiger partial charge on any atom is 0.255 e. The van der Waals surface area contributed by atoms with E-state index in [9.17, 15) is 9.90 Å². The number of aromatic nitrogens is 3. The van der Waals surface area contributed by atoms with E-state index in [0.29, 0.717) is 5.82 Å². The van der Waals surface area contributed by atoms with Crippen molar-refractivity contribution in [3.05, 3.63) is 39.5 Å². The topological polar surface area (TPSA) is 80.0 Å². The molecule has 0 aliphatic rings. The molecule has 7 heteroatoms. The highest BCUT2D eigenvalue weighted by molar-refractivity contribution is 14.1. The first-order chi connectivity index (χ1) is 8.58. The summed E-state index contributed by atoms with van der Waals surface area (Å²) in [6.45, 7) is 0.264. The summed E-state index contributed by atoms with van der Waals surface area (Å²) in [5, 5.41) is 19.9. The van der Waals surface area contributed by atoms with Crippen molar-refractivity contribution in [1.82, 2.24) is 20.1 Å². The van der Waals surface area contributed by atoms with Gasteiger partial charge in [-0.15, -0.1) is 10.2 Å². The maximum absolute atomic E-state index is 11.9. The van der Waals surface area contributed by atoms with Crippen LogP contribution < -0.4 is 5.32 Å². The van der Waals surface area contributed by atoms with Crippen LogP contribution in [0.1, 0.15) is 16.2 Å². The van der Waals surface area contributed by atoms with E-state index >= 15 is 0 Å². The molecule has 6 nitrogen and oxygen atoms in total. The summed E-state index contributed by atoms with van der Waals surface area (Å²) in [6, 6.07) is 4.86. The minimum Gasteiger partial charge on any atom is -0.507 e. The highest BCUT2D eigenvalue weighted by Gasteiger charge is 2.12. The molecule has 0 aliphatic heterocycles. The molecule has 1 amide bonds. The number of nitrogens with one attached hydrogen (secondary N) is 1. The van der Waals surface area contributed by atoms with E-state index in [4.69, 9.17) is 0 Å². The van der Waals surface area contributed by atoms with E-state index in [0.717, 1.165) is 3.57 Å². The largest absolute Gasteiger partial charge is 0.507 e. The van der Waals surface area contributed by atoms with Crippen molar-refractivity contribution in [2.75, 3.05) is 0 Å². The van der Waals surface area contributed by atoms with Crippen molar-refractivity contribution in [2.45, 2.75) is 6.54 Å². The van der Waals surface area contributed by atoms with Crippen LogP contribution >= 0.6 is 22.6 Å². The predicted octanol–water partition coefficient (Wildman–Crippen LogP) is 1.06. The summed E-state index contributed by atoms with van der Waals surface area (Å²) in [4.78, 5) is 11.9. The van der Waals surface area contributed by atoms with Crippen molar-refractivity contribution in [2.24, 2.45) is 7.05 Å². The van der Waals surface area contributed by atoms with Gasteiger partial charge < -0.3 is 15.0 Å². The molecular formula is C11H11IN4O2. The van der Waals surface area contributed by atoms with Crippen LogP contribution in [0.4, 0.5) is 0 Å². The maximum atomic E-state index is 11.9. The number of carbonyl (C=O) groups is 1. The van der Waals surface area contributed by atoms with Crippen LogP contribution in [-0.2, 0) is 13.6 Å². The van der Waals surface area contributed by atoms with Gasteiger partial charge in [0.2, 0.25) is 0 Å². The third-order valence-corrected chi connectivity index (χ3v) is 3.09. The summed E-state index contributed by atoms with van der Waals surface area (Å²) in [5.41, 5.74) is 0.254. The van der Waals surface area contributed by atoms with Gasteiger partial charge in [0.15, 0.2) is 5.82 Å². The van der Waals surface area contributed by atoms with Crippen LogP contribution in [-0.4, -0.2) is 25.8 Å². The Bertz CT molecular complexity index is 582. The molecule has 0 radical (unpaired) electrons. The van der Waals surface area contributed by atoms with E-state index in [1.54, 1.807) is 30.1 Å². The summed E-state index contributed by atoms with van der Waals surface area (Å²) < 4.78 is 2.60. The normalized spacial score (nSPS) is 10.3. The average Bonchev–Trinajstić information content (AvgIpc) is 2.75. The van der Waals surface area contributed by atoms with Gasteiger partial charge in [0.05, 0.1) is 12.1 Å². The molecule has 0 atom stereocenters. The lowest BCUT2D eigenvalue weighted by molar-refractivity contribution is 0.0947. The fourth-order valence-corrected chi connectivity index (χ4v) is 1.90. The van der Waals surface area contributed by atoms with Crippen molar-refractivity contribution in [3.8, 4) is 5.75 Å². The molecular weight excluding hydrogens is 347 g/mol. The second-order valence-electron chi connectivity index (χ2n) is 3.70. The molecule has 0 fully saturated rings. The predicted molar refractivity (Wildman–Crippen MR) is 73.0 cm³/mol. The van der Waals surface area contributed by atoms with Gasteiger partial charge in [-0.05, 0) is 40.8 Å². The molecule has 0 bridgehead atoms. The molecule has 18 heavy (non-hydrogen) atoms. The van der Waals surface area contributed by atoms with Crippen LogP contribution in [0, 0.1) is 3.57 Å². The number of hydrogen-bond acceptors (Lipinski definition) is 4. The third-order valence-electron chi connectivity index (χ3n) is 2.42. The second kappa shape index (κ2) is 5.34. The Kier molecular flexibility index (Phi) is 3.80. The Hall–Kier alpha value is -1.64. The number of phenols is 1. The van der Waals surface area contributed by atoms with Crippen molar-refractivity contribution >= 4 is 28.5 Å². The first-order valence-electron chi connectivity index (χ1n) is 5.17. The molecule has 1 aromatic heterocycles. The number of rotatable bonds is 3. The molecule has 0 aliphatic carbocycles. The SMILES string of the molecule is Cn1cnnc1CNC(=O)c1cc(I)ccc1O. The average molecular weight is 358 g/mol. The lowest BCUT2D eigenvalue weighted by Crippen LogP contribution is -2.24. The molecule has 0 saturated carbocycles. The zero-order chi connectivity index (χ0) is 13.1. The number of aromatic hydroxyl groups is 1. The number of aryl methyl sites for hydroxylation is 1. The Balaban J connectivity index is 2.08. The monoisotopic (exact) mass is 358 g/mol. The summed E-state index contributed by atoms with van der Waals surface area (Å²) in [6.07, 6.45) is 1.56. The first-order valence-corrected chi connectivity index (χ1v) is 6.25. The molecule has 0 spiro atoms. The van der Waals surface area contributed by atoms with E-state index in [1.807, 2.05) is 0 Å². The first kappa shape index (κ1) is 12.8. The van der Waals surface area contributed by atoms with E-state index in [1.165, 1.54) is 6.07 Å². The molecule has 1 heterocycles. The Morgan fingerprint density at radius 3 is 3.00 bits per heavy atom. The minimum atomic E-state index is -0.339. The standard InChI is InChI=1S/C11H11IN4O2/c1-16-6-14-15-10(16)5-13-11(18)8-4-7(12)2-3-9(8)17/h2-4,6,17H,5H2,1H3,(H,13,18).